The second-order valence-corrected chi connectivity index (χ2v) is 6.87. The summed E-state index contributed by atoms with van der Waals surface area (Å²) >= 11 is 0. The normalized spacial score (nSPS) is 17.2. The maximum Gasteiger partial charge on any atom is 0.00499 e. The van der Waals surface area contributed by atoms with Crippen LogP contribution in [0.2, 0.25) is 0 Å². The standard InChI is InChI=1S/C17H36N2/c1-6-17(7-2,13-18-15(4)5)14-19(8-3)12-16-10-9-11-16/h15-16,18H,6-14H2,1-5H3. The van der Waals surface area contributed by atoms with Gasteiger partial charge in [0.05, 0.1) is 0 Å². The third-order valence-corrected chi connectivity index (χ3v) is 5.13. The maximum absolute atomic E-state index is 3.67. The molecule has 1 saturated carbocycles. The van der Waals surface area contributed by atoms with E-state index < -0.39 is 0 Å². The number of nitrogens with zero attached hydrogens (tertiary/aromatic N) is 1. The number of nitrogens with one attached hydrogen (secondary N) is 1. The molecule has 0 radical (unpaired) electrons. The van der Waals surface area contributed by atoms with Gasteiger partial charge in [-0.3, -0.25) is 0 Å². The summed E-state index contributed by atoms with van der Waals surface area (Å²) in [5.41, 5.74) is 0.462. The van der Waals surface area contributed by atoms with Gasteiger partial charge in [0.25, 0.3) is 0 Å². The molecule has 0 aliphatic heterocycles. The van der Waals surface area contributed by atoms with Gasteiger partial charge >= 0.3 is 0 Å². The monoisotopic (exact) mass is 268 g/mol. The Bertz CT molecular complexity index is 229. The Kier molecular flexibility index (Phi) is 7.38. The van der Waals surface area contributed by atoms with E-state index in [1.54, 1.807) is 0 Å². The zero-order chi connectivity index (χ0) is 14.3. The molecule has 1 rings (SSSR count). The lowest BCUT2D eigenvalue weighted by molar-refractivity contribution is 0.104. The van der Waals surface area contributed by atoms with Crippen LogP contribution in [0.25, 0.3) is 0 Å². The Labute approximate surface area is 121 Å². The molecule has 1 N–H and O–H groups in total. The quantitative estimate of drug-likeness (QED) is 0.646. The first kappa shape index (κ1) is 17.0. The first-order chi connectivity index (χ1) is 9.05. The van der Waals surface area contributed by atoms with Crippen molar-refractivity contribution in [3.8, 4) is 0 Å². The van der Waals surface area contributed by atoms with Crippen LogP contribution in [-0.2, 0) is 0 Å². The van der Waals surface area contributed by atoms with Gasteiger partial charge in [0, 0.05) is 25.7 Å². The lowest BCUT2D eigenvalue weighted by Gasteiger charge is -2.40. The molecule has 1 fully saturated rings. The van der Waals surface area contributed by atoms with E-state index in [1.807, 2.05) is 0 Å². The topological polar surface area (TPSA) is 15.3 Å². The summed E-state index contributed by atoms with van der Waals surface area (Å²) in [5, 5.41) is 3.67. The van der Waals surface area contributed by atoms with Crippen LogP contribution in [0.15, 0.2) is 0 Å². The van der Waals surface area contributed by atoms with E-state index in [0.717, 1.165) is 5.92 Å². The first-order valence-electron chi connectivity index (χ1n) is 8.51. The summed E-state index contributed by atoms with van der Waals surface area (Å²) in [6.07, 6.45) is 6.95. The highest BCUT2D eigenvalue weighted by molar-refractivity contribution is 4.85. The van der Waals surface area contributed by atoms with Crippen LogP contribution >= 0.6 is 0 Å². The minimum absolute atomic E-state index is 0.462. The molecule has 0 aromatic carbocycles. The molecule has 0 aromatic heterocycles. The lowest BCUT2D eigenvalue weighted by Crippen LogP contribution is -2.46. The van der Waals surface area contributed by atoms with Crippen LogP contribution in [0, 0.1) is 11.3 Å². The average molecular weight is 268 g/mol. The predicted octanol–water partition coefficient (Wildman–Crippen LogP) is 3.91. The largest absolute Gasteiger partial charge is 0.314 e. The molecule has 114 valence electrons. The van der Waals surface area contributed by atoms with Gasteiger partial charge in [-0.05, 0) is 43.6 Å². The molecule has 0 bridgehead atoms. The Balaban J connectivity index is 2.52. The van der Waals surface area contributed by atoms with Crippen LogP contribution in [0.5, 0.6) is 0 Å². The van der Waals surface area contributed by atoms with Gasteiger partial charge < -0.3 is 10.2 Å². The van der Waals surface area contributed by atoms with Crippen LogP contribution in [0.3, 0.4) is 0 Å². The van der Waals surface area contributed by atoms with Crippen molar-refractivity contribution >= 4 is 0 Å². The van der Waals surface area contributed by atoms with Crippen molar-refractivity contribution in [1.29, 1.82) is 0 Å². The second-order valence-electron chi connectivity index (χ2n) is 6.87. The van der Waals surface area contributed by atoms with Gasteiger partial charge in [0.1, 0.15) is 0 Å². The Morgan fingerprint density at radius 1 is 1.16 bits per heavy atom. The summed E-state index contributed by atoms with van der Waals surface area (Å²) in [6.45, 7) is 16.5. The van der Waals surface area contributed by atoms with Gasteiger partial charge in [-0.25, -0.2) is 0 Å². The van der Waals surface area contributed by atoms with Crippen LogP contribution in [-0.4, -0.2) is 37.1 Å². The van der Waals surface area contributed by atoms with Gasteiger partial charge in [0.15, 0.2) is 0 Å². The van der Waals surface area contributed by atoms with Crippen LogP contribution in [0.4, 0.5) is 0 Å². The molecule has 0 heterocycles. The highest BCUT2D eigenvalue weighted by atomic mass is 15.1. The fourth-order valence-electron chi connectivity index (χ4n) is 3.02. The molecular weight excluding hydrogens is 232 g/mol. The smallest absolute Gasteiger partial charge is 0.00499 e. The fourth-order valence-corrected chi connectivity index (χ4v) is 3.02. The molecule has 0 spiro atoms. The van der Waals surface area contributed by atoms with Gasteiger partial charge in [-0.2, -0.15) is 0 Å². The third kappa shape index (κ3) is 5.43. The van der Waals surface area contributed by atoms with Gasteiger partial charge in [-0.1, -0.05) is 41.0 Å². The molecule has 2 nitrogen and oxygen atoms in total. The first-order valence-corrected chi connectivity index (χ1v) is 8.51. The SMILES string of the molecule is CCN(CC1CCC1)CC(CC)(CC)CNC(C)C. The Hall–Kier alpha value is -0.0800. The van der Waals surface area contributed by atoms with E-state index in [4.69, 9.17) is 0 Å². The van der Waals surface area contributed by atoms with E-state index in [1.165, 1.54) is 58.3 Å². The highest BCUT2D eigenvalue weighted by Gasteiger charge is 2.30. The molecular formula is C17H36N2. The van der Waals surface area contributed by atoms with E-state index in [9.17, 15) is 0 Å². The van der Waals surface area contributed by atoms with Crippen molar-refractivity contribution < 1.29 is 0 Å². The van der Waals surface area contributed by atoms with Crippen molar-refractivity contribution in [1.82, 2.24) is 10.2 Å². The second kappa shape index (κ2) is 8.26. The maximum atomic E-state index is 3.67. The molecule has 0 atom stereocenters. The molecule has 0 amide bonds. The van der Waals surface area contributed by atoms with Gasteiger partial charge in [0.2, 0.25) is 0 Å². The summed E-state index contributed by atoms with van der Waals surface area (Å²) in [4.78, 5) is 2.71. The molecule has 0 saturated heterocycles. The highest BCUT2D eigenvalue weighted by Crippen LogP contribution is 2.31. The molecule has 1 aliphatic carbocycles. The predicted molar refractivity (Wildman–Crippen MR) is 85.6 cm³/mol. The number of hydrogen-bond acceptors (Lipinski definition) is 2. The molecule has 0 aromatic rings. The Morgan fingerprint density at radius 2 is 1.79 bits per heavy atom. The lowest BCUT2D eigenvalue weighted by atomic mass is 9.80. The zero-order valence-electron chi connectivity index (χ0n) is 14.0. The van der Waals surface area contributed by atoms with E-state index in [0.29, 0.717) is 11.5 Å². The van der Waals surface area contributed by atoms with Crippen LogP contribution < -0.4 is 5.32 Å². The summed E-state index contributed by atoms with van der Waals surface area (Å²) in [6, 6.07) is 0.596. The van der Waals surface area contributed by atoms with E-state index in [-0.39, 0.29) is 0 Å². The minimum Gasteiger partial charge on any atom is -0.314 e. The minimum atomic E-state index is 0.462. The van der Waals surface area contributed by atoms with E-state index >= 15 is 0 Å². The third-order valence-electron chi connectivity index (χ3n) is 5.13. The van der Waals surface area contributed by atoms with Crippen molar-refractivity contribution in [3.05, 3.63) is 0 Å². The molecule has 1 aliphatic rings. The van der Waals surface area contributed by atoms with Crippen molar-refractivity contribution in [2.24, 2.45) is 11.3 Å². The van der Waals surface area contributed by atoms with Gasteiger partial charge in [-0.15, -0.1) is 0 Å². The van der Waals surface area contributed by atoms with Crippen molar-refractivity contribution in [3.63, 3.8) is 0 Å². The number of rotatable bonds is 10. The average Bonchev–Trinajstić information content (AvgIpc) is 2.36. The molecule has 0 unspecified atom stereocenters. The van der Waals surface area contributed by atoms with Crippen molar-refractivity contribution in [2.45, 2.75) is 72.8 Å². The summed E-state index contributed by atoms with van der Waals surface area (Å²) in [5.74, 6) is 0.990. The van der Waals surface area contributed by atoms with E-state index in [2.05, 4.69) is 44.8 Å². The molecule has 19 heavy (non-hydrogen) atoms. The molecule has 2 heteroatoms. The summed E-state index contributed by atoms with van der Waals surface area (Å²) < 4.78 is 0. The Morgan fingerprint density at radius 3 is 2.16 bits per heavy atom. The summed E-state index contributed by atoms with van der Waals surface area (Å²) in [7, 11) is 0. The zero-order valence-corrected chi connectivity index (χ0v) is 14.0. The van der Waals surface area contributed by atoms with Crippen molar-refractivity contribution in [2.75, 3.05) is 26.2 Å². The van der Waals surface area contributed by atoms with Crippen LogP contribution in [0.1, 0.15) is 66.7 Å². The fraction of sp³-hybridized carbons (Fsp3) is 1.00. The number of hydrogen-bond donors (Lipinski definition) is 1.